The van der Waals surface area contributed by atoms with Crippen LogP contribution in [0.15, 0.2) is 36.4 Å². The molecular weight excluding hydrogens is 628 g/mol. The van der Waals surface area contributed by atoms with Gasteiger partial charge in [0.2, 0.25) is 12.6 Å². The molecular formula is C31H40O16. The molecule has 16 heteroatoms. The number of carboxylic acids is 2. The van der Waals surface area contributed by atoms with Crippen molar-refractivity contribution in [1.82, 2.24) is 0 Å². The Morgan fingerprint density at radius 3 is 1.51 bits per heavy atom. The largest absolute Gasteiger partial charge is 0.504 e. The average molecular weight is 669 g/mol. The Bertz CT molecular complexity index is 1400. The standard InChI is InChI=1S/C31H40O16/c1-12(8-14-4-6-17(16(32)10-14)44-30-24(37)20(33)22(35)26(46-30)28(39)40)13(2)9-15-5-7-18(19(11-15)43-3)45-31-25(38)21(34)23(36)27(47-31)29(41)42/h4-7,10-13,20-27,30-38H,8-9H2,1-3H3,(H,39,40)(H,41,42)/t12?,13?,20-,21-,22-,23-,24+,25+,26-,27-,30+,31+/m0/s1. The second-order valence-electron chi connectivity index (χ2n) is 11.9. The van der Waals surface area contributed by atoms with Gasteiger partial charge in [0, 0.05) is 0 Å². The minimum absolute atomic E-state index is 0.0891. The third kappa shape index (κ3) is 8.05. The van der Waals surface area contributed by atoms with Gasteiger partial charge in [0.05, 0.1) is 7.11 Å². The molecule has 0 spiro atoms. The molecule has 12 atom stereocenters. The van der Waals surface area contributed by atoms with Crippen molar-refractivity contribution in [3.8, 4) is 23.0 Å². The molecule has 2 aromatic rings. The molecule has 0 aromatic heterocycles. The summed E-state index contributed by atoms with van der Waals surface area (Å²) in [4.78, 5) is 22.7. The number of aliphatic carboxylic acids is 2. The molecule has 0 saturated carbocycles. The summed E-state index contributed by atoms with van der Waals surface area (Å²) < 4.78 is 26.8. The van der Waals surface area contributed by atoms with Crippen LogP contribution in [0.1, 0.15) is 25.0 Å². The second kappa shape index (κ2) is 15.0. The van der Waals surface area contributed by atoms with Gasteiger partial charge >= 0.3 is 11.9 Å². The highest BCUT2D eigenvalue weighted by Gasteiger charge is 2.49. The van der Waals surface area contributed by atoms with E-state index in [4.69, 9.17) is 23.7 Å². The number of aliphatic hydroxyl groups excluding tert-OH is 6. The van der Waals surface area contributed by atoms with E-state index in [-0.39, 0.29) is 34.8 Å². The number of methoxy groups -OCH3 is 1. The molecule has 2 aromatic carbocycles. The lowest BCUT2D eigenvalue weighted by Crippen LogP contribution is -2.61. The number of phenols is 1. The lowest BCUT2D eigenvalue weighted by atomic mass is 9.85. The lowest BCUT2D eigenvalue weighted by Gasteiger charge is -2.38. The summed E-state index contributed by atoms with van der Waals surface area (Å²) in [7, 11) is 1.39. The van der Waals surface area contributed by atoms with Crippen molar-refractivity contribution in [3.05, 3.63) is 47.5 Å². The van der Waals surface area contributed by atoms with Gasteiger partial charge in [-0.1, -0.05) is 26.0 Å². The van der Waals surface area contributed by atoms with Crippen molar-refractivity contribution in [2.75, 3.05) is 7.11 Å². The quantitative estimate of drug-likeness (QED) is 0.131. The van der Waals surface area contributed by atoms with Crippen LogP contribution in [0.25, 0.3) is 0 Å². The molecule has 0 aliphatic carbocycles. The van der Waals surface area contributed by atoms with Gasteiger partial charge in [-0.25, -0.2) is 9.59 Å². The zero-order chi connectivity index (χ0) is 34.7. The summed E-state index contributed by atoms with van der Waals surface area (Å²) in [5, 5.41) is 89.3. The van der Waals surface area contributed by atoms with Gasteiger partial charge in [0.15, 0.2) is 35.2 Å². The third-order valence-corrected chi connectivity index (χ3v) is 8.45. The summed E-state index contributed by atoms with van der Waals surface area (Å²) in [6.45, 7) is 4.05. The smallest absolute Gasteiger partial charge is 0.335 e. The van der Waals surface area contributed by atoms with Gasteiger partial charge in [-0.3, -0.25) is 0 Å². The van der Waals surface area contributed by atoms with Crippen LogP contribution in [0.5, 0.6) is 23.0 Å². The number of phenolic OH excluding ortho intramolecular Hbond substituents is 1. The van der Waals surface area contributed by atoms with Crippen molar-refractivity contribution in [1.29, 1.82) is 0 Å². The van der Waals surface area contributed by atoms with Crippen molar-refractivity contribution in [3.63, 3.8) is 0 Å². The normalized spacial score (nSPS) is 32.2. The molecule has 2 aliphatic rings. The maximum atomic E-state index is 11.4. The first-order chi connectivity index (χ1) is 22.1. The second-order valence-corrected chi connectivity index (χ2v) is 11.9. The molecule has 16 nitrogen and oxygen atoms in total. The highest BCUT2D eigenvalue weighted by Crippen LogP contribution is 2.35. The number of carbonyl (C=O) groups is 2. The van der Waals surface area contributed by atoms with E-state index < -0.39 is 73.4 Å². The van der Waals surface area contributed by atoms with Crippen LogP contribution in [-0.4, -0.2) is 126 Å². The van der Waals surface area contributed by atoms with Crippen LogP contribution in [0.4, 0.5) is 0 Å². The Balaban J connectivity index is 1.37. The van der Waals surface area contributed by atoms with E-state index in [9.17, 15) is 55.5 Å². The first-order valence-corrected chi connectivity index (χ1v) is 14.8. The average Bonchev–Trinajstić information content (AvgIpc) is 3.02. The molecule has 4 rings (SSSR count). The van der Waals surface area contributed by atoms with E-state index >= 15 is 0 Å². The molecule has 0 amide bonds. The predicted octanol–water partition coefficient (Wildman–Crippen LogP) is -1.000. The first-order valence-electron chi connectivity index (χ1n) is 14.8. The number of aromatic hydroxyl groups is 1. The maximum Gasteiger partial charge on any atom is 0.335 e. The van der Waals surface area contributed by atoms with Crippen LogP contribution in [0.3, 0.4) is 0 Å². The highest BCUT2D eigenvalue weighted by molar-refractivity contribution is 5.74. The first kappa shape index (κ1) is 36.1. The van der Waals surface area contributed by atoms with Gasteiger partial charge in [0.25, 0.3) is 0 Å². The van der Waals surface area contributed by atoms with Gasteiger partial charge in [-0.05, 0) is 60.1 Å². The van der Waals surface area contributed by atoms with E-state index in [1.54, 1.807) is 24.3 Å². The Morgan fingerprint density at radius 2 is 1.09 bits per heavy atom. The SMILES string of the molecule is COc1cc(CC(C)C(C)Cc2ccc(O[C@@H]3O[C@H](C(=O)O)[C@@H](O)[C@H](O)[C@H]3O)c(O)c2)ccc1O[C@@H]1O[C@H](C(=O)O)[C@@H](O)[C@H](O)[C@H]1O. The Morgan fingerprint density at radius 1 is 0.660 bits per heavy atom. The van der Waals surface area contributed by atoms with E-state index in [0.29, 0.717) is 12.8 Å². The molecule has 2 heterocycles. The highest BCUT2D eigenvalue weighted by atomic mass is 16.7. The topological polar surface area (TPSA) is 262 Å². The monoisotopic (exact) mass is 668 g/mol. The molecule has 9 N–H and O–H groups in total. The lowest BCUT2D eigenvalue weighted by molar-refractivity contribution is -0.271. The minimum atomic E-state index is -1.88. The van der Waals surface area contributed by atoms with E-state index in [0.717, 1.165) is 11.1 Å². The number of carboxylic acid groups (broad SMARTS) is 2. The molecule has 2 aliphatic heterocycles. The summed E-state index contributed by atoms with van der Waals surface area (Å²) in [6.07, 6.45) is -16.7. The fourth-order valence-electron chi connectivity index (χ4n) is 5.42. The van der Waals surface area contributed by atoms with Gasteiger partial charge < -0.3 is 69.6 Å². The Kier molecular flexibility index (Phi) is 11.5. The van der Waals surface area contributed by atoms with Gasteiger partial charge in [0.1, 0.15) is 36.6 Å². The van der Waals surface area contributed by atoms with Crippen LogP contribution >= 0.6 is 0 Å². The zero-order valence-corrected chi connectivity index (χ0v) is 25.7. The molecule has 2 unspecified atom stereocenters. The molecule has 0 bridgehead atoms. The fourth-order valence-corrected chi connectivity index (χ4v) is 5.42. The van der Waals surface area contributed by atoms with Gasteiger partial charge in [-0.2, -0.15) is 0 Å². The molecule has 2 fully saturated rings. The van der Waals surface area contributed by atoms with Gasteiger partial charge in [-0.15, -0.1) is 0 Å². The van der Waals surface area contributed by atoms with Crippen LogP contribution in [0, 0.1) is 11.8 Å². The molecule has 0 radical (unpaired) electrons. The summed E-state index contributed by atoms with van der Waals surface area (Å²) >= 11 is 0. The predicted molar refractivity (Wildman–Crippen MR) is 157 cm³/mol. The number of rotatable bonds is 12. The fraction of sp³-hybridized carbons (Fsp3) is 0.548. The van der Waals surface area contributed by atoms with Crippen molar-refractivity contribution in [2.45, 2.75) is 88.1 Å². The molecule has 2 saturated heterocycles. The van der Waals surface area contributed by atoms with Crippen molar-refractivity contribution < 1.29 is 79.2 Å². The summed E-state index contributed by atoms with van der Waals surface area (Å²) in [5.41, 5.74) is 1.61. The Labute approximate surface area is 268 Å². The van der Waals surface area contributed by atoms with Crippen molar-refractivity contribution in [2.24, 2.45) is 11.8 Å². The number of hydrogen-bond donors (Lipinski definition) is 9. The summed E-state index contributed by atoms with van der Waals surface area (Å²) in [6, 6.07) is 9.56. The number of ether oxygens (including phenoxy) is 5. The third-order valence-electron chi connectivity index (χ3n) is 8.45. The van der Waals surface area contributed by atoms with E-state index in [1.165, 1.54) is 19.2 Å². The van der Waals surface area contributed by atoms with E-state index in [2.05, 4.69) is 0 Å². The maximum absolute atomic E-state index is 11.4. The molecule has 260 valence electrons. The zero-order valence-electron chi connectivity index (χ0n) is 25.7. The van der Waals surface area contributed by atoms with Crippen LogP contribution < -0.4 is 14.2 Å². The van der Waals surface area contributed by atoms with Crippen LogP contribution in [-0.2, 0) is 31.9 Å². The van der Waals surface area contributed by atoms with E-state index in [1.807, 2.05) is 13.8 Å². The minimum Gasteiger partial charge on any atom is -0.504 e. The summed E-state index contributed by atoms with van der Waals surface area (Å²) in [5.74, 6) is -2.97. The molecule has 47 heavy (non-hydrogen) atoms. The number of aliphatic hydroxyl groups is 6. The number of benzene rings is 2. The Hall–Kier alpha value is -3.74. The number of hydrogen-bond acceptors (Lipinski definition) is 14. The van der Waals surface area contributed by atoms with Crippen LogP contribution in [0.2, 0.25) is 0 Å². The van der Waals surface area contributed by atoms with Crippen molar-refractivity contribution >= 4 is 11.9 Å².